The van der Waals surface area contributed by atoms with Gasteiger partial charge < -0.3 is 14.4 Å². The normalized spacial score (nSPS) is 16.0. The average Bonchev–Trinajstić information content (AvgIpc) is 2.51. The van der Waals surface area contributed by atoms with E-state index in [-0.39, 0.29) is 11.9 Å². The molecule has 1 aliphatic rings. The van der Waals surface area contributed by atoms with E-state index >= 15 is 0 Å². The number of carbonyl (C=O) groups excluding carboxylic acids is 1. The molecule has 0 fully saturated rings. The monoisotopic (exact) mass is 292 g/mol. The molecule has 0 bridgehead atoms. The van der Waals surface area contributed by atoms with E-state index in [4.69, 9.17) is 9.47 Å². The molecule has 1 aromatic rings. The summed E-state index contributed by atoms with van der Waals surface area (Å²) >= 11 is 0. The maximum atomic E-state index is 12.1. The fourth-order valence-corrected chi connectivity index (χ4v) is 2.77. The number of nitrogens with zero attached hydrogens (tertiary/aromatic N) is 2. The molecule has 0 saturated heterocycles. The van der Waals surface area contributed by atoms with Crippen LogP contribution < -0.4 is 9.47 Å². The van der Waals surface area contributed by atoms with Crippen LogP contribution in [0.2, 0.25) is 0 Å². The zero-order valence-corrected chi connectivity index (χ0v) is 13.5. The van der Waals surface area contributed by atoms with E-state index in [1.54, 1.807) is 33.2 Å². The summed E-state index contributed by atoms with van der Waals surface area (Å²) in [6, 6.07) is 3.96. The molecule has 0 aliphatic carbocycles. The van der Waals surface area contributed by atoms with Crippen LogP contribution in [0, 0.1) is 0 Å². The van der Waals surface area contributed by atoms with Crippen molar-refractivity contribution in [3.63, 3.8) is 0 Å². The molecule has 2 rings (SSSR count). The minimum atomic E-state index is -0.110. The van der Waals surface area contributed by atoms with Gasteiger partial charge >= 0.3 is 0 Å². The summed E-state index contributed by atoms with van der Waals surface area (Å²) in [6.07, 6.45) is 0.917. The van der Waals surface area contributed by atoms with Crippen molar-refractivity contribution in [1.29, 1.82) is 0 Å². The highest BCUT2D eigenvalue weighted by Gasteiger charge is 2.27. The molecule has 0 N–H and O–H groups in total. The van der Waals surface area contributed by atoms with Gasteiger partial charge in [0.15, 0.2) is 11.5 Å². The summed E-state index contributed by atoms with van der Waals surface area (Å²) in [5, 5.41) is 0. The number of fused-ring (bicyclic) bond motifs is 1. The Bertz CT molecular complexity index is 528. The van der Waals surface area contributed by atoms with E-state index in [2.05, 4.69) is 4.90 Å². The van der Waals surface area contributed by atoms with Gasteiger partial charge in [0.1, 0.15) is 0 Å². The molecule has 1 aliphatic heterocycles. The van der Waals surface area contributed by atoms with Crippen molar-refractivity contribution in [3.8, 4) is 11.5 Å². The maximum Gasteiger partial charge on any atom is 0.239 e. The summed E-state index contributed by atoms with van der Waals surface area (Å²) in [4.78, 5) is 16.0. The number of likely N-dealkylation sites (N-methyl/N-ethyl adjacent to an activating group) is 1. The minimum Gasteiger partial charge on any atom is -0.493 e. The van der Waals surface area contributed by atoms with Gasteiger partial charge in [-0.1, -0.05) is 0 Å². The topological polar surface area (TPSA) is 42.0 Å². The second kappa shape index (κ2) is 6.35. The Labute approximate surface area is 126 Å². The van der Waals surface area contributed by atoms with Crippen LogP contribution in [0.5, 0.6) is 11.5 Å². The summed E-state index contributed by atoms with van der Waals surface area (Å²) in [7, 11) is 6.88. The van der Waals surface area contributed by atoms with E-state index in [1.165, 1.54) is 11.1 Å². The third-order valence-electron chi connectivity index (χ3n) is 4.09. The Morgan fingerprint density at radius 1 is 1.19 bits per heavy atom. The summed E-state index contributed by atoms with van der Waals surface area (Å²) < 4.78 is 10.7. The Morgan fingerprint density at radius 2 is 1.76 bits per heavy atom. The van der Waals surface area contributed by atoms with E-state index in [0.717, 1.165) is 31.0 Å². The van der Waals surface area contributed by atoms with Gasteiger partial charge in [0.2, 0.25) is 5.91 Å². The molecule has 5 heteroatoms. The number of rotatable bonds is 4. The number of carbonyl (C=O) groups is 1. The van der Waals surface area contributed by atoms with E-state index < -0.39 is 0 Å². The SMILES string of the molecule is COc1cc2c(cc1OC)CN([C@@H](C)C(=O)N(C)C)CC2. The van der Waals surface area contributed by atoms with Gasteiger partial charge in [-0.25, -0.2) is 0 Å². The van der Waals surface area contributed by atoms with Crippen molar-refractivity contribution in [1.82, 2.24) is 9.80 Å². The van der Waals surface area contributed by atoms with Crippen LogP contribution in [0.25, 0.3) is 0 Å². The summed E-state index contributed by atoms with van der Waals surface area (Å²) in [6.45, 7) is 3.60. The molecule has 0 saturated carbocycles. The first-order valence-electron chi connectivity index (χ1n) is 7.17. The number of methoxy groups -OCH3 is 2. The maximum absolute atomic E-state index is 12.1. The quantitative estimate of drug-likeness (QED) is 0.844. The lowest BCUT2D eigenvalue weighted by Crippen LogP contribution is -2.46. The fourth-order valence-electron chi connectivity index (χ4n) is 2.77. The third-order valence-corrected chi connectivity index (χ3v) is 4.09. The van der Waals surface area contributed by atoms with Gasteiger partial charge in [-0.3, -0.25) is 9.69 Å². The molecular weight excluding hydrogens is 268 g/mol. The highest BCUT2D eigenvalue weighted by atomic mass is 16.5. The van der Waals surface area contributed by atoms with Crippen LogP contribution in [0.3, 0.4) is 0 Å². The molecule has 116 valence electrons. The van der Waals surface area contributed by atoms with Crippen LogP contribution in [-0.4, -0.2) is 56.6 Å². The van der Waals surface area contributed by atoms with Crippen molar-refractivity contribution < 1.29 is 14.3 Å². The Morgan fingerprint density at radius 3 is 2.29 bits per heavy atom. The molecular formula is C16H24N2O3. The van der Waals surface area contributed by atoms with Crippen LogP contribution in [-0.2, 0) is 17.8 Å². The van der Waals surface area contributed by atoms with Gasteiger partial charge in [-0.15, -0.1) is 0 Å². The van der Waals surface area contributed by atoms with Gasteiger partial charge in [0.25, 0.3) is 0 Å². The zero-order valence-electron chi connectivity index (χ0n) is 13.5. The minimum absolute atomic E-state index is 0.110. The van der Waals surface area contributed by atoms with E-state index in [0.29, 0.717) is 0 Å². The van der Waals surface area contributed by atoms with E-state index in [9.17, 15) is 4.79 Å². The number of ether oxygens (including phenoxy) is 2. The molecule has 1 heterocycles. The van der Waals surface area contributed by atoms with Crippen LogP contribution in [0.15, 0.2) is 12.1 Å². The van der Waals surface area contributed by atoms with Gasteiger partial charge in [-0.05, 0) is 36.6 Å². The predicted octanol–water partition coefficient (Wildman–Crippen LogP) is 1.54. The Balaban J connectivity index is 2.22. The second-order valence-electron chi connectivity index (χ2n) is 5.61. The molecule has 0 spiro atoms. The summed E-state index contributed by atoms with van der Waals surface area (Å²) in [5.74, 6) is 1.64. The van der Waals surface area contributed by atoms with Crippen LogP contribution in [0.4, 0.5) is 0 Å². The average molecular weight is 292 g/mol. The largest absolute Gasteiger partial charge is 0.493 e. The van der Waals surface area contributed by atoms with E-state index in [1.807, 2.05) is 19.1 Å². The van der Waals surface area contributed by atoms with Crippen molar-refractivity contribution >= 4 is 5.91 Å². The smallest absolute Gasteiger partial charge is 0.239 e. The molecule has 0 aromatic heterocycles. The van der Waals surface area contributed by atoms with Gasteiger partial charge in [-0.2, -0.15) is 0 Å². The van der Waals surface area contributed by atoms with Gasteiger partial charge in [0.05, 0.1) is 20.3 Å². The first-order chi connectivity index (χ1) is 9.97. The van der Waals surface area contributed by atoms with Crippen LogP contribution in [0.1, 0.15) is 18.1 Å². The highest BCUT2D eigenvalue weighted by Crippen LogP contribution is 2.33. The van der Waals surface area contributed by atoms with Crippen molar-refractivity contribution in [3.05, 3.63) is 23.3 Å². The van der Waals surface area contributed by atoms with Gasteiger partial charge in [0, 0.05) is 27.2 Å². The molecule has 0 unspecified atom stereocenters. The molecule has 1 atom stereocenters. The third kappa shape index (κ3) is 3.13. The van der Waals surface area contributed by atoms with Crippen LogP contribution >= 0.6 is 0 Å². The second-order valence-corrected chi connectivity index (χ2v) is 5.61. The Hall–Kier alpha value is -1.75. The number of benzene rings is 1. The predicted molar refractivity (Wildman–Crippen MR) is 81.8 cm³/mol. The summed E-state index contributed by atoms with van der Waals surface area (Å²) in [5.41, 5.74) is 2.48. The standard InChI is InChI=1S/C16H24N2O3/c1-11(16(19)17(2)3)18-7-6-12-8-14(20-4)15(21-5)9-13(12)10-18/h8-9,11H,6-7,10H2,1-5H3/t11-/m0/s1. The molecule has 1 amide bonds. The lowest BCUT2D eigenvalue weighted by Gasteiger charge is -2.34. The number of hydrogen-bond acceptors (Lipinski definition) is 4. The highest BCUT2D eigenvalue weighted by molar-refractivity contribution is 5.81. The molecule has 5 nitrogen and oxygen atoms in total. The molecule has 1 aromatic carbocycles. The fraction of sp³-hybridized carbons (Fsp3) is 0.562. The number of amides is 1. The first-order valence-corrected chi connectivity index (χ1v) is 7.17. The number of hydrogen-bond donors (Lipinski definition) is 0. The van der Waals surface area contributed by atoms with Crippen molar-refractivity contribution in [2.45, 2.75) is 25.9 Å². The zero-order chi connectivity index (χ0) is 15.6. The Kier molecular flexibility index (Phi) is 4.73. The van der Waals surface area contributed by atoms with Crippen molar-refractivity contribution in [2.75, 3.05) is 34.9 Å². The van der Waals surface area contributed by atoms with Crippen molar-refractivity contribution in [2.24, 2.45) is 0 Å². The molecule has 21 heavy (non-hydrogen) atoms. The first kappa shape index (κ1) is 15.6. The lowest BCUT2D eigenvalue weighted by molar-refractivity contribution is -0.134. The molecule has 0 radical (unpaired) electrons. The lowest BCUT2D eigenvalue weighted by atomic mass is 9.97.